The summed E-state index contributed by atoms with van der Waals surface area (Å²) >= 11 is 0. The molecule has 1 heterocycles. The molecule has 0 spiro atoms. The molecule has 7 atom stereocenters. The molecule has 0 saturated carbocycles. The van der Waals surface area contributed by atoms with E-state index in [9.17, 15) is 57.8 Å². The van der Waals surface area contributed by atoms with Crippen molar-refractivity contribution >= 4 is 64.5 Å². The standard InChI is InChI=1S/C47H70N8O12/c1-6-8-9-30(44(64)52-24-28(4)48)19-36(58)26-55(5)47(67)32-13-17-42(63)51-25-35(57)20-33(18-29-10-14-34(56)15-11-29)46(66)54-43(27(3)7-2)39(60)21-31(12-16-40(49)61)45(65)53-37(23-41(50)62)38(59)22-32/h10-11,14-15,27,30-33,37,43,56H,4,6-9,12-13,16-26,48H2,1-3,5H3,(H2,49,61)(H2,50,62)(H,51,63)(H,52,64)(H,53,65)(H,54,66)/t27-,30+,31+,32+,33+,37-,43-/m0/s1. The van der Waals surface area contributed by atoms with E-state index in [-0.39, 0.29) is 56.5 Å². The Morgan fingerprint density at radius 3 is 2.15 bits per heavy atom. The van der Waals surface area contributed by atoms with Gasteiger partial charge in [0.1, 0.15) is 5.75 Å². The van der Waals surface area contributed by atoms with Crippen LogP contribution in [0.25, 0.3) is 0 Å². The fourth-order valence-corrected chi connectivity index (χ4v) is 7.72. The molecule has 0 aliphatic carbocycles. The van der Waals surface area contributed by atoms with Crippen LogP contribution in [0, 0.1) is 29.6 Å². The molecule has 1 fully saturated rings. The first-order valence-electron chi connectivity index (χ1n) is 22.8. The average Bonchev–Trinajstić information content (AvgIpc) is 3.26. The van der Waals surface area contributed by atoms with Crippen LogP contribution in [-0.4, -0.2) is 113 Å². The number of nitrogens with two attached hydrogens (primary N) is 3. The number of benzene rings is 1. The van der Waals surface area contributed by atoms with Crippen molar-refractivity contribution in [2.45, 2.75) is 123 Å². The maximum absolute atomic E-state index is 14.1. The number of carbonyl (C=O) groups is 11. The van der Waals surface area contributed by atoms with Gasteiger partial charge in [0.25, 0.3) is 0 Å². The van der Waals surface area contributed by atoms with E-state index in [4.69, 9.17) is 17.2 Å². The summed E-state index contributed by atoms with van der Waals surface area (Å²) in [5.74, 6) is -12.7. The molecule has 1 aromatic rings. The van der Waals surface area contributed by atoms with Crippen molar-refractivity contribution < 1.29 is 57.8 Å². The average molecular weight is 939 g/mol. The van der Waals surface area contributed by atoms with Gasteiger partial charge in [-0.3, -0.25) is 52.7 Å². The van der Waals surface area contributed by atoms with E-state index in [0.29, 0.717) is 24.8 Å². The monoisotopic (exact) mass is 939 g/mol. The number of aromatic hydroxyl groups is 1. The van der Waals surface area contributed by atoms with Gasteiger partial charge in [0.15, 0.2) is 23.1 Å². The number of primary amides is 2. The third-order valence-corrected chi connectivity index (χ3v) is 11.8. The van der Waals surface area contributed by atoms with Crippen molar-refractivity contribution in [3.63, 3.8) is 0 Å². The smallest absolute Gasteiger partial charge is 0.226 e. The Kier molecular flexibility index (Phi) is 24.1. The number of hydrogen-bond donors (Lipinski definition) is 8. The minimum atomic E-state index is -1.64. The van der Waals surface area contributed by atoms with Crippen molar-refractivity contribution in [3.8, 4) is 5.75 Å². The molecule has 0 radical (unpaired) electrons. The van der Waals surface area contributed by atoms with Crippen LogP contribution in [0.3, 0.4) is 0 Å². The normalized spacial score (nSPS) is 21.4. The van der Waals surface area contributed by atoms with Gasteiger partial charge in [0.05, 0.1) is 38.1 Å². The molecular formula is C47H70N8O12. The van der Waals surface area contributed by atoms with E-state index < -0.39 is 145 Å². The molecule has 0 aromatic heterocycles. The Hall–Kier alpha value is -6.47. The molecule has 20 heteroatoms. The number of rotatable bonds is 20. The molecule has 1 saturated heterocycles. The second kappa shape index (κ2) is 28.5. The highest BCUT2D eigenvalue weighted by molar-refractivity contribution is 5.99. The SMILES string of the molecule is C=C(N)CNC(=O)[C@H](CCCC)CC(=O)CN(C)C(=O)[C@@H]1CCC(=O)NCC(=O)C[C@@H](Cc2ccc(O)cc2)C(=O)N[C@@H]([C@@H](C)CC)C(=O)C[C@@H](CCC(N)=O)C(=O)N[C@@H](CC(N)=O)C(=O)C1. The van der Waals surface area contributed by atoms with E-state index in [1.807, 2.05) is 6.92 Å². The molecule has 7 amide bonds. The molecule has 0 unspecified atom stereocenters. The zero-order chi connectivity index (χ0) is 50.4. The first kappa shape index (κ1) is 56.7. The third-order valence-electron chi connectivity index (χ3n) is 11.8. The Labute approximate surface area is 391 Å². The molecular weight excluding hydrogens is 869 g/mol. The van der Waals surface area contributed by atoms with Crippen molar-refractivity contribution in [1.29, 1.82) is 0 Å². The van der Waals surface area contributed by atoms with Crippen LogP contribution in [-0.2, 0) is 59.2 Å². The maximum atomic E-state index is 14.1. The minimum Gasteiger partial charge on any atom is -0.508 e. The topological polar surface area (TPSA) is 337 Å². The molecule has 1 aromatic carbocycles. The second-order valence-electron chi connectivity index (χ2n) is 17.6. The highest BCUT2D eigenvalue weighted by Crippen LogP contribution is 2.23. The number of ketones is 4. The van der Waals surface area contributed by atoms with Gasteiger partial charge in [-0.15, -0.1) is 0 Å². The van der Waals surface area contributed by atoms with Crippen LogP contribution in [0.15, 0.2) is 36.5 Å². The van der Waals surface area contributed by atoms with Crippen molar-refractivity contribution in [2.75, 3.05) is 26.7 Å². The first-order valence-corrected chi connectivity index (χ1v) is 22.8. The molecule has 67 heavy (non-hydrogen) atoms. The van der Waals surface area contributed by atoms with Crippen LogP contribution >= 0.6 is 0 Å². The zero-order valence-electron chi connectivity index (χ0n) is 39.2. The van der Waals surface area contributed by atoms with Crippen molar-refractivity contribution in [2.24, 2.45) is 46.8 Å². The maximum Gasteiger partial charge on any atom is 0.226 e. The van der Waals surface area contributed by atoms with E-state index >= 15 is 0 Å². The largest absolute Gasteiger partial charge is 0.508 e. The van der Waals surface area contributed by atoms with Gasteiger partial charge in [-0.05, 0) is 49.3 Å². The van der Waals surface area contributed by atoms with Crippen molar-refractivity contribution in [3.05, 3.63) is 42.1 Å². The van der Waals surface area contributed by atoms with Gasteiger partial charge < -0.3 is 48.5 Å². The summed E-state index contributed by atoms with van der Waals surface area (Å²) in [6, 6.07) is 3.14. The molecule has 1 aliphatic rings. The Balaban J connectivity index is 2.58. The highest BCUT2D eigenvalue weighted by atomic mass is 16.3. The van der Waals surface area contributed by atoms with Crippen LogP contribution in [0.5, 0.6) is 5.75 Å². The van der Waals surface area contributed by atoms with Crippen LogP contribution < -0.4 is 38.5 Å². The van der Waals surface area contributed by atoms with E-state index in [1.165, 1.54) is 19.2 Å². The van der Waals surface area contributed by atoms with E-state index in [1.54, 1.807) is 26.0 Å². The fourth-order valence-electron chi connectivity index (χ4n) is 7.72. The summed E-state index contributed by atoms with van der Waals surface area (Å²) in [6.45, 7) is 7.98. The van der Waals surface area contributed by atoms with E-state index in [2.05, 4.69) is 27.8 Å². The summed E-state index contributed by atoms with van der Waals surface area (Å²) in [5, 5.41) is 20.2. The number of Topliss-reactive ketones (excluding diaryl/α,β-unsaturated/α-hetero) is 4. The summed E-state index contributed by atoms with van der Waals surface area (Å²) in [5.41, 5.74) is 17.3. The second-order valence-corrected chi connectivity index (χ2v) is 17.6. The highest BCUT2D eigenvalue weighted by Gasteiger charge is 2.36. The Morgan fingerprint density at radius 1 is 0.896 bits per heavy atom. The number of carbonyl (C=O) groups excluding carboxylic acids is 11. The number of nitrogens with zero attached hydrogens (tertiary/aromatic N) is 1. The molecule has 20 nitrogen and oxygen atoms in total. The molecule has 11 N–H and O–H groups in total. The van der Waals surface area contributed by atoms with Crippen LogP contribution in [0.2, 0.25) is 0 Å². The molecule has 0 bridgehead atoms. The fraction of sp³-hybridized carbons (Fsp3) is 0.596. The Morgan fingerprint density at radius 2 is 1.55 bits per heavy atom. The molecule has 370 valence electrons. The first-order chi connectivity index (χ1) is 31.5. The predicted octanol–water partition coefficient (Wildman–Crippen LogP) is 0.540. The van der Waals surface area contributed by atoms with Crippen LogP contribution in [0.1, 0.15) is 110 Å². The summed E-state index contributed by atoms with van der Waals surface area (Å²) in [7, 11) is 1.31. The number of nitrogens with one attached hydrogen (secondary N) is 4. The summed E-state index contributed by atoms with van der Waals surface area (Å²) < 4.78 is 0. The summed E-state index contributed by atoms with van der Waals surface area (Å²) in [6.07, 6.45) is -1.67. The number of phenols is 1. The summed E-state index contributed by atoms with van der Waals surface area (Å²) in [4.78, 5) is 149. The van der Waals surface area contributed by atoms with Gasteiger partial charge in [-0.25, -0.2) is 0 Å². The van der Waals surface area contributed by atoms with Crippen LogP contribution in [0.4, 0.5) is 0 Å². The van der Waals surface area contributed by atoms with E-state index in [0.717, 1.165) is 11.3 Å². The quantitative estimate of drug-likeness (QED) is 0.0886. The number of phenolic OH excluding ortho intramolecular Hbond substituents is 1. The lowest BCUT2D eigenvalue weighted by Crippen LogP contribution is -2.50. The number of hydrogen-bond acceptors (Lipinski definition) is 13. The lowest BCUT2D eigenvalue weighted by molar-refractivity contribution is -0.141. The number of amides is 7. The lowest BCUT2D eigenvalue weighted by atomic mass is 9.86. The minimum absolute atomic E-state index is 0.00296. The predicted molar refractivity (Wildman–Crippen MR) is 246 cm³/mol. The Bertz CT molecular complexity index is 1970. The van der Waals surface area contributed by atoms with Gasteiger partial charge in [-0.1, -0.05) is 58.7 Å². The zero-order valence-corrected chi connectivity index (χ0v) is 39.2. The third kappa shape index (κ3) is 20.7. The molecule has 1 aliphatic heterocycles. The van der Waals surface area contributed by atoms with Gasteiger partial charge in [-0.2, -0.15) is 0 Å². The molecule has 2 rings (SSSR count). The number of unbranched alkanes of at least 4 members (excludes halogenated alkanes) is 1. The lowest BCUT2D eigenvalue weighted by Gasteiger charge is -2.28. The van der Waals surface area contributed by atoms with Gasteiger partial charge in [0, 0.05) is 74.9 Å². The number of likely N-dealkylation sites (N-methyl/N-ethyl adjacent to an activating group) is 1. The van der Waals surface area contributed by atoms with Crippen molar-refractivity contribution in [1.82, 2.24) is 26.2 Å². The van der Waals surface area contributed by atoms with Gasteiger partial charge >= 0.3 is 0 Å². The van der Waals surface area contributed by atoms with Gasteiger partial charge in [0.2, 0.25) is 41.4 Å².